The average molecular weight is 246 g/mol. The van der Waals surface area contributed by atoms with Crippen LogP contribution in [0.15, 0.2) is 28.7 Å². The van der Waals surface area contributed by atoms with Gasteiger partial charge >= 0.3 is 0 Å². The van der Waals surface area contributed by atoms with Gasteiger partial charge in [0.25, 0.3) is 0 Å². The summed E-state index contributed by atoms with van der Waals surface area (Å²) in [5.41, 5.74) is 11.9. The summed E-state index contributed by atoms with van der Waals surface area (Å²) in [6.07, 6.45) is 1.78. The molecule has 1 heterocycles. The lowest BCUT2D eigenvalue weighted by Crippen LogP contribution is -1.92. The second-order valence-electron chi connectivity index (χ2n) is 3.87. The van der Waals surface area contributed by atoms with E-state index in [1.54, 1.807) is 11.6 Å². The van der Waals surface area contributed by atoms with Crippen LogP contribution >= 0.6 is 11.3 Å². The Kier molecular flexibility index (Phi) is 3.39. The topological polar surface area (TPSA) is 63.3 Å². The highest BCUT2D eigenvalue weighted by molar-refractivity contribution is 7.14. The van der Waals surface area contributed by atoms with Crippen LogP contribution in [-0.4, -0.2) is 11.2 Å². The van der Waals surface area contributed by atoms with Crippen molar-refractivity contribution in [3.8, 4) is 0 Å². The summed E-state index contributed by atoms with van der Waals surface area (Å²) in [5, 5.41) is 6.59. The number of nitrogens with two attached hydrogens (primary N) is 1. The molecule has 0 saturated carbocycles. The first-order valence-electron chi connectivity index (χ1n) is 5.22. The third-order valence-corrected chi connectivity index (χ3v) is 2.90. The molecule has 2 rings (SSSR count). The molecule has 0 radical (unpaired) electrons. The van der Waals surface area contributed by atoms with E-state index in [4.69, 9.17) is 5.73 Å². The Morgan fingerprint density at radius 3 is 2.59 bits per heavy atom. The maximum absolute atomic E-state index is 5.51. The van der Waals surface area contributed by atoms with Crippen molar-refractivity contribution in [2.24, 2.45) is 5.10 Å². The Labute approximate surface area is 104 Å². The predicted octanol–water partition coefficient (Wildman–Crippen LogP) is 2.79. The number of nitrogens with zero attached hydrogens (tertiary/aromatic N) is 2. The lowest BCUT2D eigenvalue weighted by atomic mass is 10.1. The third kappa shape index (κ3) is 3.29. The van der Waals surface area contributed by atoms with Crippen LogP contribution in [0.3, 0.4) is 0 Å². The molecule has 0 saturated heterocycles. The molecule has 1 aromatic heterocycles. The van der Waals surface area contributed by atoms with Gasteiger partial charge in [0.15, 0.2) is 0 Å². The van der Waals surface area contributed by atoms with Gasteiger partial charge in [-0.3, -0.25) is 5.43 Å². The molecule has 2 aromatic rings. The number of aromatic nitrogens is 1. The number of nitrogens with one attached hydrogen (secondary N) is 1. The van der Waals surface area contributed by atoms with Crippen molar-refractivity contribution >= 4 is 28.5 Å². The zero-order valence-electron chi connectivity index (χ0n) is 9.77. The minimum Gasteiger partial charge on any atom is -0.383 e. The van der Waals surface area contributed by atoms with Crippen LogP contribution in [0, 0.1) is 13.8 Å². The smallest absolute Gasteiger partial charge is 0.205 e. The molecule has 4 nitrogen and oxygen atoms in total. The highest BCUT2D eigenvalue weighted by Gasteiger charge is 1.96. The van der Waals surface area contributed by atoms with Gasteiger partial charge in [0.2, 0.25) is 5.13 Å². The quantitative estimate of drug-likeness (QED) is 0.646. The van der Waals surface area contributed by atoms with E-state index in [1.807, 2.05) is 0 Å². The van der Waals surface area contributed by atoms with E-state index >= 15 is 0 Å². The predicted molar refractivity (Wildman–Crippen MR) is 73.7 cm³/mol. The molecule has 0 unspecified atom stereocenters. The van der Waals surface area contributed by atoms with Crippen LogP contribution in [0.1, 0.15) is 16.7 Å². The van der Waals surface area contributed by atoms with Gasteiger partial charge < -0.3 is 5.73 Å². The Bertz CT molecular complexity index is 525. The number of nitrogen functional groups attached to an aromatic ring is 1. The van der Waals surface area contributed by atoms with E-state index in [9.17, 15) is 0 Å². The molecule has 3 N–H and O–H groups in total. The van der Waals surface area contributed by atoms with Crippen molar-refractivity contribution in [2.45, 2.75) is 13.8 Å². The Morgan fingerprint density at radius 2 is 2.00 bits per heavy atom. The molecule has 88 valence electrons. The number of benzene rings is 1. The van der Waals surface area contributed by atoms with Crippen molar-refractivity contribution in [1.29, 1.82) is 0 Å². The van der Waals surface area contributed by atoms with E-state index in [1.165, 1.54) is 22.5 Å². The lowest BCUT2D eigenvalue weighted by Gasteiger charge is -1.99. The molecule has 0 aliphatic carbocycles. The van der Waals surface area contributed by atoms with Crippen molar-refractivity contribution in [3.63, 3.8) is 0 Å². The minimum atomic E-state index is 0.513. The van der Waals surface area contributed by atoms with E-state index in [0.29, 0.717) is 10.9 Å². The summed E-state index contributed by atoms with van der Waals surface area (Å²) in [7, 11) is 0. The van der Waals surface area contributed by atoms with Crippen molar-refractivity contribution < 1.29 is 0 Å². The van der Waals surface area contributed by atoms with Crippen molar-refractivity contribution in [2.75, 3.05) is 11.2 Å². The lowest BCUT2D eigenvalue weighted by molar-refractivity contribution is 1.29. The summed E-state index contributed by atoms with van der Waals surface area (Å²) >= 11 is 1.43. The first-order valence-corrected chi connectivity index (χ1v) is 6.10. The first-order chi connectivity index (χ1) is 8.13. The zero-order valence-corrected chi connectivity index (χ0v) is 10.6. The molecule has 0 amide bonds. The van der Waals surface area contributed by atoms with Crippen LogP contribution < -0.4 is 11.2 Å². The number of hydrazone groups is 1. The number of rotatable bonds is 3. The van der Waals surface area contributed by atoms with E-state index in [-0.39, 0.29) is 0 Å². The number of anilines is 2. The minimum absolute atomic E-state index is 0.513. The van der Waals surface area contributed by atoms with Crippen molar-refractivity contribution in [3.05, 3.63) is 40.3 Å². The van der Waals surface area contributed by atoms with Gasteiger partial charge in [-0.05, 0) is 19.4 Å². The first kappa shape index (κ1) is 11.6. The number of hydrogen-bond acceptors (Lipinski definition) is 5. The van der Waals surface area contributed by atoms with Crippen LogP contribution in [0.2, 0.25) is 0 Å². The normalized spacial score (nSPS) is 10.9. The van der Waals surface area contributed by atoms with Gasteiger partial charge in [-0.25, -0.2) is 4.98 Å². The standard InChI is InChI=1S/C12H14N4S/c1-8-3-9(2)5-10(4-8)6-14-16-12-15-11(13)7-17-12/h3-7H,13H2,1-2H3,(H,15,16). The van der Waals surface area contributed by atoms with Crippen LogP contribution in [0.25, 0.3) is 0 Å². The summed E-state index contributed by atoms with van der Waals surface area (Å²) in [4.78, 5) is 4.05. The molecule has 0 fully saturated rings. The summed E-state index contributed by atoms with van der Waals surface area (Å²) in [5.74, 6) is 0.513. The molecule has 0 aliphatic rings. The van der Waals surface area contributed by atoms with E-state index in [0.717, 1.165) is 5.56 Å². The summed E-state index contributed by atoms with van der Waals surface area (Å²) in [6, 6.07) is 6.29. The number of thiazole rings is 1. The van der Waals surface area contributed by atoms with Gasteiger partial charge in [-0.1, -0.05) is 29.3 Å². The fourth-order valence-corrected chi connectivity index (χ4v) is 2.13. The van der Waals surface area contributed by atoms with E-state index in [2.05, 4.69) is 47.6 Å². The SMILES string of the molecule is Cc1cc(C)cc(C=NNc2nc(N)cs2)c1. The summed E-state index contributed by atoms with van der Waals surface area (Å²) < 4.78 is 0. The fraction of sp³-hybridized carbons (Fsp3) is 0.167. The molecule has 0 atom stereocenters. The van der Waals surface area contributed by atoms with Crippen LogP contribution in [-0.2, 0) is 0 Å². The molecule has 17 heavy (non-hydrogen) atoms. The largest absolute Gasteiger partial charge is 0.383 e. The van der Waals surface area contributed by atoms with Gasteiger partial charge in [-0.2, -0.15) is 5.10 Å². The molecule has 5 heteroatoms. The Morgan fingerprint density at radius 1 is 1.29 bits per heavy atom. The van der Waals surface area contributed by atoms with Gasteiger partial charge in [0, 0.05) is 5.38 Å². The van der Waals surface area contributed by atoms with E-state index < -0.39 is 0 Å². The highest BCUT2D eigenvalue weighted by Crippen LogP contribution is 2.16. The second-order valence-corrected chi connectivity index (χ2v) is 4.73. The third-order valence-electron chi connectivity index (χ3n) is 2.14. The highest BCUT2D eigenvalue weighted by atomic mass is 32.1. The molecule has 1 aromatic carbocycles. The van der Waals surface area contributed by atoms with Gasteiger partial charge in [0.1, 0.15) is 5.82 Å². The fourth-order valence-electron chi connectivity index (χ4n) is 1.58. The van der Waals surface area contributed by atoms with Gasteiger partial charge in [0.05, 0.1) is 6.21 Å². The Hall–Kier alpha value is -1.88. The van der Waals surface area contributed by atoms with Crippen molar-refractivity contribution in [1.82, 2.24) is 4.98 Å². The summed E-state index contributed by atoms with van der Waals surface area (Å²) in [6.45, 7) is 4.14. The van der Waals surface area contributed by atoms with Crippen LogP contribution in [0.5, 0.6) is 0 Å². The average Bonchev–Trinajstić information content (AvgIpc) is 2.63. The molecule has 0 bridgehead atoms. The maximum Gasteiger partial charge on any atom is 0.205 e. The molecular weight excluding hydrogens is 232 g/mol. The maximum atomic E-state index is 5.51. The Balaban J connectivity index is 2.05. The monoisotopic (exact) mass is 246 g/mol. The molecular formula is C12H14N4S. The number of aryl methyl sites for hydroxylation is 2. The van der Waals surface area contributed by atoms with Crippen LogP contribution in [0.4, 0.5) is 10.9 Å². The molecule has 0 spiro atoms. The second kappa shape index (κ2) is 4.97. The number of hydrogen-bond donors (Lipinski definition) is 2. The zero-order chi connectivity index (χ0) is 12.3. The molecule has 0 aliphatic heterocycles. The van der Waals surface area contributed by atoms with Gasteiger partial charge in [-0.15, -0.1) is 11.3 Å².